The van der Waals surface area contributed by atoms with Crippen LogP contribution in [0.25, 0.3) is 10.9 Å². The molecule has 0 saturated carbocycles. The van der Waals surface area contributed by atoms with E-state index in [2.05, 4.69) is 10.4 Å². The van der Waals surface area contributed by atoms with Gasteiger partial charge < -0.3 is 0 Å². The Balaban J connectivity index is 1.87. The summed E-state index contributed by atoms with van der Waals surface area (Å²) < 4.78 is 52.6. The molecule has 28 heavy (non-hydrogen) atoms. The van der Waals surface area contributed by atoms with Crippen molar-refractivity contribution >= 4 is 16.8 Å². The minimum atomic E-state index is -4.46. The van der Waals surface area contributed by atoms with Gasteiger partial charge in [-0.05, 0) is 29.8 Å². The smallest absolute Gasteiger partial charge is 0.273 e. The van der Waals surface area contributed by atoms with Crippen molar-refractivity contribution in [3.63, 3.8) is 0 Å². The fourth-order valence-corrected chi connectivity index (χ4v) is 2.73. The molecule has 0 aliphatic carbocycles. The van der Waals surface area contributed by atoms with E-state index in [4.69, 9.17) is 0 Å². The number of halogens is 4. The molecule has 0 aliphatic heterocycles. The number of aryl methyl sites for hydroxylation is 1. The van der Waals surface area contributed by atoms with Crippen LogP contribution in [0.5, 0.6) is 0 Å². The first-order valence-electron chi connectivity index (χ1n) is 8.37. The molecule has 0 atom stereocenters. The average Bonchev–Trinajstić information content (AvgIpc) is 2.64. The van der Waals surface area contributed by atoms with Crippen LogP contribution in [0.2, 0.25) is 0 Å². The minimum absolute atomic E-state index is 0.00651. The number of hydrogen-bond donors (Lipinski definition) is 1. The molecule has 3 aromatic rings. The molecule has 0 radical (unpaired) electrons. The molecule has 146 valence electrons. The predicted octanol–water partition coefficient (Wildman–Crippen LogP) is 3.43. The van der Waals surface area contributed by atoms with Crippen LogP contribution in [0, 0.1) is 5.82 Å². The number of amides is 1. The van der Waals surface area contributed by atoms with E-state index in [1.54, 1.807) is 6.92 Å². The van der Waals surface area contributed by atoms with Gasteiger partial charge in [0.25, 0.3) is 5.56 Å². The summed E-state index contributed by atoms with van der Waals surface area (Å²) in [6.45, 7) is 1.69. The van der Waals surface area contributed by atoms with E-state index in [1.165, 1.54) is 30.3 Å². The van der Waals surface area contributed by atoms with Crippen LogP contribution in [0.4, 0.5) is 17.6 Å². The van der Waals surface area contributed by atoms with E-state index in [0.717, 1.165) is 16.8 Å². The van der Waals surface area contributed by atoms with Gasteiger partial charge in [0.05, 0.1) is 17.4 Å². The lowest BCUT2D eigenvalue weighted by atomic mass is 10.1. The molecule has 1 N–H and O–H groups in total. The summed E-state index contributed by atoms with van der Waals surface area (Å²) in [4.78, 5) is 29.0. The third-order valence-corrected chi connectivity index (χ3v) is 4.12. The highest BCUT2D eigenvalue weighted by molar-refractivity contribution is 5.86. The lowest BCUT2D eigenvalue weighted by Gasteiger charge is -2.14. The van der Waals surface area contributed by atoms with Crippen LogP contribution in [-0.2, 0) is 23.8 Å². The maximum Gasteiger partial charge on any atom is 0.416 e. The van der Waals surface area contributed by atoms with Crippen molar-refractivity contribution in [3.8, 4) is 0 Å². The van der Waals surface area contributed by atoms with Crippen molar-refractivity contribution in [2.45, 2.75) is 25.9 Å². The largest absolute Gasteiger partial charge is 0.416 e. The lowest BCUT2D eigenvalue weighted by molar-refractivity contribution is -0.137. The number of nitrogens with one attached hydrogen (secondary N) is 1. The molecule has 9 heteroatoms. The minimum Gasteiger partial charge on any atom is -0.273 e. The summed E-state index contributed by atoms with van der Waals surface area (Å²) in [5, 5.41) is 0.00651. The van der Waals surface area contributed by atoms with E-state index in [9.17, 15) is 27.2 Å². The molecule has 1 amide bonds. The van der Waals surface area contributed by atoms with Crippen molar-refractivity contribution in [1.82, 2.24) is 9.66 Å². The number of alkyl halides is 3. The van der Waals surface area contributed by atoms with E-state index in [-0.39, 0.29) is 29.6 Å². The van der Waals surface area contributed by atoms with Gasteiger partial charge in [-0.25, -0.2) is 14.1 Å². The van der Waals surface area contributed by atoms with Gasteiger partial charge in [0.15, 0.2) is 0 Å². The summed E-state index contributed by atoms with van der Waals surface area (Å²) in [6.07, 6.45) is -4.45. The number of nitrogens with zero attached hydrogens (tertiary/aromatic N) is 2. The zero-order valence-corrected chi connectivity index (χ0v) is 14.7. The van der Waals surface area contributed by atoms with E-state index in [1.807, 2.05) is 0 Å². The van der Waals surface area contributed by atoms with Crippen LogP contribution < -0.4 is 11.0 Å². The van der Waals surface area contributed by atoms with Crippen molar-refractivity contribution in [3.05, 3.63) is 75.6 Å². The lowest BCUT2D eigenvalue weighted by Crippen LogP contribution is -2.37. The Bertz CT molecular complexity index is 1090. The highest BCUT2D eigenvalue weighted by Gasteiger charge is 2.30. The number of fused-ring (bicyclic) bond motifs is 1. The Kier molecular flexibility index (Phi) is 5.17. The second-order valence-corrected chi connectivity index (χ2v) is 6.06. The third kappa shape index (κ3) is 3.88. The van der Waals surface area contributed by atoms with Gasteiger partial charge in [0.2, 0.25) is 5.91 Å². The molecule has 1 aromatic heterocycles. The third-order valence-electron chi connectivity index (χ3n) is 4.12. The molecule has 5 nitrogen and oxygen atoms in total. The van der Waals surface area contributed by atoms with Gasteiger partial charge in [0, 0.05) is 6.42 Å². The molecular formula is C19H15F4N3O2. The fraction of sp³-hybridized carbons (Fsp3) is 0.211. The average molecular weight is 393 g/mol. The molecule has 0 saturated heterocycles. The fourth-order valence-electron chi connectivity index (χ4n) is 2.73. The SMILES string of the molecule is CCc1nc2c(F)cccc2c(=O)n1NC(=O)Cc1ccc(C(F)(F)F)cc1. The van der Waals surface area contributed by atoms with Crippen molar-refractivity contribution in [2.24, 2.45) is 0 Å². The zero-order chi connectivity index (χ0) is 20.5. The van der Waals surface area contributed by atoms with Crippen LogP contribution in [0.3, 0.4) is 0 Å². The van der Waals surface area contributed by atoms with Gasteiger partial charge >= 0.3 is 6.18 Å². The van der Waals surface area contributed by atoms with E-state index >= 15 is 0 Å². The number of para-hydroxylation sites is 1. The van der Waals surface area contributed by atoms with E-state index in [0.29, 0.717) is 5.56 Å². The number of benzene rings is 2. The maximum absolute atomic E-state index is 13.9. The Morgan fingerprint density at radius 2 is 1.82 bits per heavy atom. The molecule has 0 fully saturated rings. The topological polar surface area (TPSA) is 64.0 Å². The van der Waals surface area contributed by atoms with Gasteiger partial charge in [-0.1, -0.05) is 25.1 Å². The maximum atomic E-state index is 13.9. The van der Waals surface area contributed by atoms with Gasteiger partial charge in [-0.15, -0.1) is 0 Å². The van der Waals surface area contributed by atoms with Crippen LogP contribution in [0.15, 0.2) is 47.3 Å². The number of carbonyl (C=O) groups is 1. The van der Waals surface area contributed by atoms with Crippen molar-refractivity contribution in [1.29, 1.82) is 0 Å². The summed E-state index contributed by atoms with van der Waals surface area (Å²) in [5.41, 5.74) is 1.20. The van der Waals surface area contributed by atoms with Crippen LogP contribution in [0.1, 0.15) is 23.9 Å². The number of hydrogen-bond acceptors (Lipinski definition) is 3. The van der Waals surface area contributed by atoms with Gasteiger partial charge in [-0.3, -0.25) is 15.0 Å². The second kappa shape index (κ2) is 7.41. The van der Waals surface area contributed by atoms with Crippen molar-refractivity contribution in [2.75, 3.05) is 5.43 Å². The molecule has 0 spiro atoms. The number of carbonyl (C=O) groups excluding carboxylic acids is 1. The predicted molar refractivity (Wildman–Crippen MR) is 94.9 cm³/mol. The quantitative estimate of drug-likeness (QED) is 0.691. The molecular weight excluding hydrogens is 378 g/mol. The van der Waals surface area contributed by atoms with Crippen molar-refractivity contribution < 1.29 is 22.4 Å². The highest BCUT2D eigenvalue weighted by Crippen LogP contribution is 2.29. The number of rotatable bonds is 4. The Morgan fingerprint density at radius 3 is 2.43 bits per heavy atom. The molecule has 0 unspecified atom stereocenters. The summed E-state index contributed by atoms with van der Waals surface area (Å²) in [6, 6.07) is 8.09. The number of aromatic nitrogens is 2. The Labute approximate surface area is 156 Å². The molecule has 0 bridgehead atoms. The molecule has 1 heterocycles. The normalized spacial score (nSPS) is 11.6. The first-order chi connectivity index (χ1) is 13.2. The summed E-state index contributed by atoms with van der Waals surface area (Å²) >= 11 is 0. The summed E-state index contributed by atoms with van der Waals surface area (Å²) in [7, 11) is 0. The monoisotopic (exact) mass is 393 g/mol. The standard InChI is InChI=1S/C19H15F4N3O2/c1-2-15-24-17-13(4-3-5-14(17)20)18(28)26(15)25-16(27)10-11-6-8-12(9-7-11)19(21,22)23/h3-9H,2,10H2,1H3,(H,25,27). The second-order valence-electron chi connectivity index (χ2n) is 6.06. The molecule has 3 rings (SSSR count). The van der Waals surface area contributed by atoms with Crippen LogP contribution in [-0.4, -0.2) is 15.6 Å². The van der Waals surface area contributed by atoms with E-state index < -0.39 is 29.0 Å². The van der Waals surface area contributed by atoms with Gasteiger partial charge in [0.1, 0.15) is 17.2 Å². The first kappa shape index (κ1) is 19.5. The Morgan fingerprint density at radius 1 is 1.14 bits per heavy atom. The molecule has 0 aliphatic rings. The van der Waals surface area contributed by atoms with Gasteiger partial charge in [-0.2, -0.15) is 13.2 Å². The Hall–Kier alpha value is -3.23. The molecule has 2 aromatic carbocycles. The highest BCUT2D eigenvalue weighted by atomic mass is 19.4. The summed E-state index contributed by atoms with van der Waals surface area (Å²) in [5.74, 6) is -1.11. The first-order valence-corrected chi connectivity index (χ1v) is 8.37. The van der Waals surface area contributed by atoms with Crippen LogP contribution >= 0.6 is 0 Å². The zero-order valence-electron chi connectivity index (χ0n) is 14.7.